The van der Waals surface area contributed by atoms with Crippen molar-refractivity contribution in [1.29, 1.82) is 0 Å². The number of halogens is 1. The lowest BCUT2D eigenvalue weighted by Gasteiger charge is -2.13. The standard InChI is InChI=1S/C15H21FO/c1-11(2)13-7-8-15(14(16)9-13)17-10-12-5-3-4-6-12/h7-9,11-12H,3-6,10H2,1-2H3. The van der Waals surface area contributed by atoms with E-state index in [9.17, 15) is 4.39 Å². The highest BCUT2D eigenvalue weighted by atomic mass is 19.1. The zero-order valence-electron chi connectivity index (χ0n) is 10.7. The van der Waals surface area contributed by atoms with Crippen LogP contribution in [0, 0.1) is 11.7 Å². The van der Waals surface area contributed by atoms with Gasteiger partial charge in [0.2, 0.25) is 0 Å². The summed E-state index contributed by atoms with van der Waals surface area (Å²) < 4.78 is 19.3. The quantitative estimate of drug-likeness (QED) is 0.747. The largest absolute Gasteiger partial charge is 0.490 e. The fraction of sp³-hybridized carbons (Fsp3) is 0.600. The molecule has 1 aliphatic rings. The molecule has 1 saturated carbocycles. The van der Waals surface area contributed by atoms with Gasteiger partial charge in [0, 0.05) is 0 Å². The average Bonchev–Trinajstić information content (AvgIpc) is 2.80. The SMILES string of the molecule is CC(C)c1ccc(OCC2CCCC2)c(F)c1. The average molecular weight is 236 g/mol. The van der Waals surface area contributed by atoms with Gasteiger partial charge in [0.1, 0.15) is 0 Å². The molecule has 2 rings (SSSR count). The molecule has 0 saturated heterocycles. The van der Waals surface area contributed by atoms with Crippen molar-refractivity contribution in [2.75, 3.05) is 6.61 Å². The molecule has 1 aromatic carbocycles. The predicted octanol–water partition coefficient (Wildman–Crippen LogP) is 4.52. The Balaban J connectivity index is 1.96. The third-order valence-electron chi connectivity index (χ3n) is 3.57. The molecule has 2 heteroatoms. The van der Waals surface area contributed by atoms with Crippen LogP contribution in [0.1, 0.15) is 51.0 Å². The van der Waals surface area contributed by atoms with Crippen LogP contribution in [0.4, 0.5) is 4.39 Å². The maximum absolute atomic E-state index is 13.8. The number of benzene rings is 1. The fourth-order valence-corrected chi connectivity index (χ4v) is 2.38. The molecule has 1 aromatic rings. The van der Waals surface area contributed by atoms with Gasteiger partial charge in [-0.2, -0.15) is 0 Å². The van der Waals surface area contributed by atoms with Gasteiger partial charge < -0.3 is 4.74 Å². The van der Waals surface area contributed by atoms with Crippen molar-refractivity contribution in [3.63, 3.8) is 0 Å². The number of ether oxygens (including phenoxy) is 1. The Morgan fingerprint density at radius 3 is 2.59 bits per heavy atom. The second-order valence-electron chi connectivity index (χ2n) is 5.31. The van der Waals surface area contributed by atoms with Crippen LogP contribution in [0.2, 0.25) is 0 Å². The van der Waals surface area contributed by atoms with Gasteiger partial charge >= 0.3 is 0 Å². The molecule has 0 aliphatic heterocycles. The highest BCUT2D eigenvalue weighted by molar-refractivity contribution is 5.30. The molecule has 0 bridgehead atoms. The van der Waals surface area contributed by atoms with E-state index in [1.165, 1.54) is 25.7 Å². The molecule has 1 fully saturated rings. The van der Waals surface area contributed by atoms with Crippen LogP contribution >= 0.6 is 0 Å². The Labute approximate surface area is 103 Å². The summed E-state index contributed by atoms with van der Waals surface area (Å²) in [6.07, 6.45) is 5.04. The van der Waals surface area contributed by atoms with E-state index in [-0.39, 0.29) is 5.82 Å². The third kappa shape index (κ3) is 3.21. The highest BCUT2D eigenvalue weighted by Gasteiger charge is 2.16. The topological polar surface area (TPSA) is 9.23 Å². The minimum Gasteiger partial charge on any atom is -0.490 e. The second kappa shape index (κ2) is 5.52. The third-order valence-corrected chi connectivity index (χ3v) is 3.57. The van der Waals surface area contributed by atoms with E-state index in [0.717, 1.165) is 5.56 Å². The Bertz CT molecular complexity index is 367. The summed E-state index contributed by atoms with van der Waals surface area (Å²) in [5.41, 5.74) is 1.02. The predicted molar refractivity (Wildman–Crippen MR) is 67.9 cm³/mol. The van der Waals surface area contributed by atoms with E-state index in [0.29, 0.717) is 24.2 Å². The van der Waals surface area contributed by atoms with Gasteiger partial charge in [-0.1, -0.05) is 32.8 Å². The molecule has 0 radical (unpaired) electrons. The summed E-state index contributed by atoms with van der Waals surface area (Å²) in [7, 11) is 0. The van der Waals surface area contributed by atoms with Gasteiger partial charge in [0.25, 0.3) is 0 Å². The first-order chi connectivity index (χ1) is 8.16. The molecule has 0 spiro atoms. The highest BCUT2D eigenvalue weighted by Crippen LogP contribution is 2.27. The van der Waals surface area contributed by atoms with Gasteiger partial charge in [0.15, 0.2) is 11.6 Å². The molecule has 1 nitrogen and oxygen atoms in total. The lowest BCUT2D eigenvalue weighted by molar-refractivity contribution is 0.242. The Morgan fingerprint density at radius 2 is 2.00 bits per heavy atom. The van der Waals surface area contributed by atoms with Crippen molar-refractivity contribution < 1.29 is 9.13 Å². The van der Waals surface area contributed by atoms with Crippen LogP contribution in [0.3, 0.4) is 0 Å². The fourth-order valence-electron chi connectivity index (χ4n) is 2.38. The van der Waals surface area contributed by atoms with Crippen molar-refractivity contribution in [1.82, 2.24) is 0 Å². The molecule has 0 atom stereocenters. The summed E-state index contributed by atoms with van der Waals surface area (Å²) in [6.45, 7) is 4.79. The van der Waals surface area contributed by atoms with Crippen molar-refractivity contribution in [2.24, 2.45) is 5.92 Å². The lowest BCUT2D eigenvalue weighted by Crippen LogP contribution is -2.09. The van der Waals surface area contributed by atoms with Gasteiger partial charge in [-0.05, 0) is 42.4 Å². The smallest absolute Gasteiger partial charge is 0.165 e. The van der Waals surface area contributed by atoms with E-state index < -0.39 is 0 Å². The molecule has 94 valence electrons. The molecule has 17 heavy (non-hydrogen) atoms. The van der Waals surface area contributed by atoms with Crippen LogP contribution in [-0.4, -0.2) is 6.61 Å². The molecule has 0 N–H and O–H groups in total. The Kier molecular flexibility index (Phi) is 4.03. The first kappa shape index (κ1) is 12.4. The number of hydrogen-bond acceptors (Lipinski definition) is 1. The van der Waals surface area contributed by atoms with Crippen LogP contribution in [0.15, 0.2) is 18.2 Å². The molecule has 0 heterocycles. The first-order valence-corrected chi connectivity index (χ1v) is 6.59. The summed E-state index contributed by atoms with van der Waals surface area (Å²) in [4.78, 5) is 0. The van der Waals surface area contributed by atoms with Gasteiger partial charge in [0.05, 0.1) is 6.61 Å². The molecular weight excluding hydrogens is 215 g/mol. The van der Waals surface area contributed by atoms with E-state index in [4.69, 9.17) is 4.74 Å². The van der Waals surface area contributed by atoms with Crippen molar-refractivity contribution in [3.05, 3.63) is 29.6 Å². The molecule has 1 aliphatic carbocycles. The zero-order valence-corrected chi connectivity index (χ0v) is 10.7. The minimum atomic E-state index is -0.228. The summed E-state index contributed by atoms with van der Waals surface area (Å²) in [5.74, 6) is 1.16. The maximum Gasteiger partial charge on any atom is 0.165 e. The number of rotatable bonds is 4. The van der Waals surface area contributed by atoms with Crippen molar-refractivity contribution in [3.8, 4) is 5.75 Å². The Hall–Kier alpha value is -1.05. The molecule has 0 aromatic heterocycles. The zero-order chi connectivity index (χ0) is 12.3. The molecule has 0 amide bonds. The van der Waals surface area contributed by atoms with Gasteiger partial charge in [-0.25, -0.2) is 4.39 Å². The molecule has 0 unspecified atom stereocenters. The van der Waals surface area contributed by atoms with E-state index in [1.807, 2.05) is 6.07 Å². The molecular formula is C15H21FO. The lowest BCUT2D eigenvalue weighted by atomic mass is 10.0. The van der Waals surface area contributed by atoms with E-state index in [2.05, 4.69) is 13.8 Å². The van der Waals surface area contributed by atoms with E-state index in [1.54, 1.807) is 12.1 Å². The summed E-state index contributed by atoms with van der Waals surface area (Å²) >= 11 is 0. The monoisotopic (exact) mass is 236 g/mol. The van der Waals surface area contributed by atoms with Crippen molar-refractivity contribution >= 4 is 0 Å². The second-order valence-corrected chi connectivity index (χ2v) is 5.31. The number of hydrogen-bond donors (Lipinski definition) is 0. The summed E-state index contributed by atoms with van der Waals surface area (Å²) in [5, 5.41) is 0. The van der Waals surface area contributed by atoms with E-state index >= 15 is 0 Å². The Morgan fingerprint density at radius 1 is 1.29 bits per heavy atom. The maximum atomic E-state index is 13.8. The summed E-state index contributed by atoms with van der Waals surface area (Å²) in [6, 6.07) is 5.31. The minimum absolute atomic E-state index is 0.228. The van der Waals surface area contributed by atoms with Crippen molar-refractivity contribution in [2.45, 2.75) is 45.4 Å². The van der Waals surface area contributed by atoms with Crippen LogP contribution in [-0.2, 0) is 0 Å². The van der Waals surface area contributed by atoms with Gasteiger partial charge in [-0.15, -0.1) is 0 Å². The first-order valence-electron chi connectivity index (χ1n) is 6.59. The van der Waals surface area contributed by atoms with Crippen LogP contribution in [0.25, 0.3) is 0 Å². The normalized spacial score (nSPS) is 16.7. The van der Waals surface area contributed by atoms with Gasteiger partial charge in [-0.3, -0.25) is 0 Å². The van der Waals surface area contributed by atoms with Crippen LogP contribution < -0.4 is 4.74 Å². The van der Waals surface area contributed by atoms with Crippen LogP contribution in [0.5, 0.6) is 5.75 Å².